The number of hydrogen-bond donors (Lipinski definition) is 2. The largest absolute Gasteiger partial charge is 0.347 e. The minimum atomic E-state index is -0.0876. The molecule has 1 fully saturated rings. The summed E-state index contributed by atoms with van der Waals surface area (Å²) in [6, 6.07) is 9.44. The molecule has 1 unspecified atom stereocenters. The molecular weight excluding hydrogens is 443 g/mol. The number of nitrogens with zero attached hydrogens (tertiary/aromatic N) is 4. The van der Waals surface area contributed by atoms with Crippen LogP contribution in [-0.4, -0.2) is 53.2 Å². The number of aryl methyl sites for hydroxylation is 1. The number of carbonyl (C=O) groups is 1. The van der Waals surface area contributed by atoms with Gasteiger partial charge in [0.2, 0.25) is 5.91 Å². The first-order valence-corrected chi connectivity index (χ1v) is 8.44. The molecule has 0 saturated carbocycles. The highest BCUT2D eigenvalue weighted by Crippen LogP contribution is 2.26. The van der Waals surface area contributed by atoms with Crippen LogP contribution < -0.4 is 10.6 Å². The smallest absolute Gasteiger partial charge is 0.243 e. The predicted molar refractivity (Wildman–Crippen MR) is 114 cm³/mol. The Morgan fingerprint density at radius 1 is 1.35 bits per heavy atom. The number of rotatable bonds is 4. The third-order valence-electron chi connectivity index (χ3n) is 4.36. The highest BCUT2D eigenvalue weighted by atomic mass is 127. The van der Waals surface area contributed by atoms with Gasteiger partial charge in [0.1, 0.15) is 0 Å². The fourth-order valence-corrected chi connectivity index (χ4v) is 3.09. The summed E-state index contributed by atoms with van der Waals surface area (Å²) in [6.45, 7) is 1.99. The van der Waals surface area contributed by atoms with Crippen molar-refractivity contribution < 1.29 is 4.79 Å². The molecular formula is C18H25IN6O. The number of hydrogen-bond acceptors (Lipinski definition) is 3. The summed E-state index contributed by atoms with van der Waals surface area (Å²) >= 11 is 0. The van der Waals surface area contributed by atoms with E-state index in [0.29, 0.717) is 5.92 Å². The van der Waals surface area contributed by atoms with Gasteiger partial charge < -0.3 is 15.5 Å². The fourth-order valence-electron chi connectivity index (χ4n) is 3.09. The van der Waals surface area contributed by atoms with E-state index in [4.69, 9.17) is 0 Å². The van der Waals surface area contributed by atoms with Crippen molar-refractivity contribution in [1.82, 2.24) is 20.0 Å². The molecule has 0 radical (unpaired) electrons. The zero-order valence-corrected chi connectivity index (χ0v) is 17.4. The Kier molecular flexibility index (Phi) is 7.43. The van der Waals surface area contributed by atoms with Gasteiger partial charge in [0, 0.05) is 45.0 Å². The van der Waals surface area contributed by atoms with Crippen LogP contribution in [0.2, 0.25) is 0 Å². The minimum Gasteiger partial charge on any atom is -0.347 e. The maximum Gasteiger partial charge on any atom is 0.243 e. The van der Waals surface area contributed by atoms with Crippen molar-refractivity contribution in [3.63, 3.8) is 0 Å². The summed E-state index contributed by atoms with van der Waals surface area (Å²) in [6.07, 6.45) is 5.05. The molecule has 2 N–H and O–H groups in total. The third kappa shape index (κ3) is 5.20. The van der Waals surface area contributed by atoms with Gasteiger partial charge >= 0.3 is 0 Å². The lowest BCUT2D eigenvalue weighted by Crippen LogP contribution is -2.43. The van der Waals surface area contributed by atoms with Gasteiger partial charge in [0.15, 0.2) is 5.96 Å². The van der Waals surface area contributed by atoms with Crippen molar-refractivity contribution >= 4 is 41.5 Å². The molecule has 1 aliphatic rings. The number of carbonyl (C=O) groups excluding carboxylic acids is 1. The first-order valence-electron chi connectivity index (χ1n) is 8.44. The van der Waals surface area contributed by atoms with Crippen molar-refractivity contribution in [1.29, 1.82) is 0 Å². The number of likely N-dealkylation sites (tertiary alicyclic amines) is 1. The Labute approximate surface area is 170 Å². The summed E-state index contributed by atoms with van der Waals surface area (Å²) in [5.41, 5.74) is 2.05. The molecule has 1 aromatic heterocycles. The monoisotopic (exact) mass is 468 g/mol. The van der Waals surface area contributed by atoms with Crippen LogP contribution in [0.5, 0.6) is 0 Å². The highest BCUT2D eigenvalue weighted by molar-refractivity contribution is 14.0. The molecule has 1 saturated heterocycles. The zero-order valence-electron chi connectivity index (χ0n) is 15.1. The van der Waals surface area contributed by atoms with E-state index in [1.165, 1.54) is 5.56 Å². The molecule has 26 heavy (non-hydrogen) atoms. The van der Waals surface area contributed by atoms with Crippen LogP contribution in [0.1, 0.15) is 17.9 Å². The number of nitrogens with one attached hydrogen (secondary N) is 2. The normalized spacial score (nSPS) is 16.9. The van der Waals surface area contributed by atoms with Crippen LogP contribution in [0.3, 0.4) is 0 Å². The Morgan fingerprint density at radius 2 is 2.12 bits per heavy atom. The van der Waals surface area contributed by atoms with Crippen LogP contribution in [0.15, 0.2) is 47.7 Å². The van der Waals surface area contributed by atoms with Crippen LogP contribution in [0.25, 0.3) is 0 Å². The maximum atomic E-state index is 12.1. The summed E-state index contributed by atoms with van der Waals surface area (Å²) < 4.78 is 1.83. The first kappa shape index (κ1) is 20.2. The van der Waals surface area contributed by atoms with Gasteiger partial charge in [-0.2, -0.15) is 5.10 Å². The molecule has 2 heterocycles. The van der Waals surface area contributed by atoms with Crippen LogP contribution >= 0.6 is 24.0 Å². The molecule has 0 aliphatic carbocycles. The van der Waals surface area contributed by atoms with E-state index >= 15 is 0 Å². The van der Waals surface area contributed by atoms with E-state index < -0.39 is 0 Å². The standard InChI is InChI=1S/C18H24N6O.HI/c1-19-18(20-11-17(25)22-16-6-4-3-5-7-16)24-9-8-14(13-24)15-10-21-23(2)12-15;/h3-7,10,12,14H,8-9,11,13H2,1-2H3,(H,19,20)(H,22,25);1H. The van der Waals surface area contributed by atoms with Crippen molar-refractivity contribution in [2.24, 2.45) is 12.0 Å². The molecule has 1 aromatic carbocycles. The molecule has 1 aliphatic heterocycles. The number of halogens is 1. The number of aromatic nitrogens is 2. The van der Waals surface area contributed by atoms with Crippen molar-refractivity contribution in [3.05, 3.63) is 48.3 Å². The number of guanidine groups is 1. The van der Waals surface area contributed by atoms with E-state index in [9.17, 15) is 4.79 Å². The van der Waals surface area contributed by atoms with Gasteiger partial charge in [0.25, 0.3) is 0 Å². The second-order valence-electron chi connectivity index (χ2n) is 6.19. The molecule has 3 rings (SSSR count). The number of para-hydroxylation sites is 1. The first-order chi connectivity index (χ1) is 12.2. The molecule has 0 spiro atoms. The van der Waals surface area contributed by atoms with Crippen molar-refractivity contribution in [2.75, 3.05) is 32.0 Å². The van der Waals surface area contributed by atoms with Gasteiger partial charge in [-0.1, -0.05) is 18.2 Å². The molecule has 8 heteroatoms. The van der Waals surface area contributed by atoms with Crippen molar-refractivity contribution in [2.45, 2.75) is 12.3 Å². The molecule has 0 bridgehead atoms. The molecule has 1 amide bonds. The van der Waals surface area contributed by atoms with Crippen molar-refractivity contribution in [3.8, 4) is 0 Å². The van der Waals surface area contributed by atoms with E-state index in [0.717, 1.165) is 31.2 Å². The average Bonchev–Trinajstić information content (AvgIpc) is 3.25. The Balaban J connectivity index is 0.00000243. The lowest BCUT2D eigenvalue weighted by Gasteiger charge is -2.21. The SMILES string of the molecule is CN=C(NCC(=O)Nc1ccccc1)N1CCC(c2cnn(C)c2)C1.I. The molecule has 2 aromatic rings. The Bertz CT molecular complexity index is 745. The second kappa shape index (κ2) is 9.56. The van der Waals surface area contributed by atoms with E-state index in [1.54, 1.807) is 7.05 Å². The number of anilines is 1. The highest BCUT2D eigenvalue weighted by Gasteiger charge is 2.27. The lowest BCUT2D eigenvalue weighted by atomic mass is 10.0. The van der Waals surface area contributed by atoms with E-state index in [2.05, 4.69) is 31.8 Å². The zero-order chi connectivity index (χ0) is 17.6. The lowest BCUT2D eigenvalue weighted by molar-refractivity contribution is -0.115. The van der Waals surface area contributed by atoms with Gasteiger partial charge in [-0.15, -0.1) is 24.0 Å². The van der Waals surface area contributed by atoms with E-state index in [-0.39, 0.29) is 36.4 Å². The Morgan fingerprint density at radius 3 is 2.77 bits per heavy atom. The molecule has 7 nitrogen and oxygen atoms in total. The quantitative estimate of drug-likeness (QED) is 0.409. The van der Waals surface area contributed by atoms with Crippen LogP contribution in [-0.2, 0) is 11.8 Å². The number of benzene rings is 1. The van der Waals surface area contributed by atoms with Gasteiger partial charge in [-0.3, -0.25) is 14.5 Å². The second-order valence-corrected chi connectivity index (χ2v) is 6.19. The fraction of sp³-hybridized carbons (Fsp3) is 0.389. The summed E-state index contributed by atoms with van der Waals surface area (Å²) in [5, 5.41) is 10.3. The number of amides is 1. The van der Waals surface area contributed by atoms with Gasteiger partial charge in [0.05, 0.1) is 12.7 Å². The van der Waals surface area contributed by atoms with E-state index in [1.807, 2.05) is 48.3 Å². The van der Waals surface area contributed by atoms with Crippen LogP contribution in [0, 0.1) is 0 Å². The predicted octanol–water partition coefficient (Wildman–Crippen LogP) is 2.04. The topological polar surface area (TPSA) is 74.6 Å². The molecule has 1 atom stereocenters. The minimum absolute atomic E-state index is 0. The van der Waals surface area contributed by atoms with Gasteiger partial charge in [-0.25, -0.2) is 0 Å². The molecule has 140 valence electrons. The summed E-state index contributed by atoms with van der Waals surface area (Å²) in [5.74, 6) is 1.12. The van der Waals surface area contributed by atoms with Gasteiger partial charge in [-0.05, 0) is 24.1 Å². The third-order valence-corrected chi connectivity index (χ3v) is 4.36. The number of aliphatic imine (C=N–C) groups is 1. The van der Waals surface area contributed by atoms with Crippen LogP contribution in [0.4, 0.5) is 5.69 Å². The Hall–Kier alpha value is -2.10. The average molecular weight is 468 g/mol. The maximum absolute atomic E-state index is 12.1. The summed E-state index contributed by atoms with van der Waals surface area (Å²) in [7, 11) is 3.68. The summed E-state index contributed by atoms with van der Waals surface area (Å²) in [4.78, 5) is 18.6.